The second-order valence-electron chi connectivity index (χ2n) is 5.64. The standard InChI is InChI=1S/C19H16Cl2N2O2/c1-12-2-4-13(5-3-12)19-23-15(11-25-19)8-9-22-18(24)16-10-14(20)6-7-17(16)21/h2-7,10-11H,8-9H2,1H3,(H,22,24). The zero-order valence-electron chi connectivity index (χ0n) is 13.6. The smallest absolute Gasteiger partial charge is 0.252 e. The molecule has 0 saturated heterocycles. The lowest BCUT2D eigenvalue weighted by Crippen LogP contribution is -2.26. The molecule has 1 amide bonds. The number of benzene rings is 2. The summed E-state index contributed by atoms with van der Waals surface area (Å²) in [5, 5.41) is 3.64. The number of hydrogen-bond acceptors (Lipinski definition) is 3. The summed E-state index contributed by atoms with van der Waals surface area (Å²) in [6.45, 7) is 2.45. The second kappa shape index (κ2) is 7.72. The van der Waals surface area contributed by atoms with E-state index in [1.54, 1.807) is 24.5 Å². The first-order valence-electron chi connectivity index (χ1n) is 7.77. The Morgan fingerprint density at radius 3 is 2.68 bits per heavy atom. The monoisotopic (exact) mass is 374 g/mol. The Morgan fingerprint density at radius 1 is 1.16 bits per heavy atom. The van der Waals surface area contributed by atoms with Crippen LogP contribution in [0.25, 0.3) is 11.5 Å². The van der Waals surface area contributed by atoms with E-state index in [4.69, 9.17) is 27.6 Å². The summed E-state index contributed by atoms with van der Waals surface area (Å²) >= 11 is 11.9. The Balaban J connectivity index is 1.58. The van der Waals surface area contributed by atoms with Crippen LogP contribution in [0.15, 0.2) is 53.1 Å². The lowest BCUT2D eigenvalue weighted by molar-refractivity contribution is 0.0954. The van der Waals surface area contributed by atoms with Crippen LogP contribution in [0.2, 0.25) is 10.0 Å². The van der Waals surface area contributed by atoms with Gasteiger partial charge in [-0.25, -0.2) is 4.98 Å². The second-order valence-corrected chi connectivity index (χ2v) is 6.48. The Labute approximate surface area is 155 Å². The topological polar surface area (TPSA) is 55.1 Å². The van der Waals surface area contributed by atoms with Gasteiger partial charge in [0, 0.05) is 23.6 Å². The van der Waals surface area contributed by atoms with E-state index in [1.807, 2.05) is 31.2 Å². The van der Waals surface area contributed by atoms with Crippen LogP contribution in [0.1, 0.15) is 21.6 Å². The molecule has 0 radical (unpaired) electrons. The maximum absolute atomic E-state index is 12.2. The zero-order chi connectivity index (χ0) is 17.8. The minimum Gasteiger partial charge on any atom is -0.444 e. The molecule has 0 saturated carbocycles. The highest BCUT2D eigenvalue weighted by Crippen LogP contribution is 2.21. The Morgan fingerprint density at radius 2 is 1.92 bits per heavy atom. The molecule has 1 heterocycles. The molecule has 0 spiro atoms. The molecule has 0 bridgehead atoms. The normalized spacial score (nSPS) is 10.7. The van der Waals surface area contributed by atoms with Gasteiger partial charge >= 0.3 is 0 Å². The van der Waals surface area contributed by atoms with Crippen molar-refractivity contribution in [1.82, 2.24) is 10.3 Å². The van der Waals surface area contributed by atoms with Gasteiger partial charge in [0.15, 0.2) is 0 Å². The zero-order valence-corrected chi connectivity index (χ0v) is 15.1. The molecule has 3 aromatic rings. The van der Waals surface area contributed by atoms with Crippen molar-refractivity contribution in [3.8, 4) is 11.5 Å². The van der Waals surface area contributed by atoms with Crippen LogP contribution in [-0.2, 0) is 6.42 Å². The fourth-order valence-corrected chi connectivity index (χ4v) is 2.70. The fourth-order valence-electron chi connectivity index (χ4n) is 2.32. The number of halogens is 2. The highest BCUT2D eigenvalue weighted by molar-refractivity contribution is 6.35. The Kier molecular flexibility index (Phi) is 5.41. The number of carbonyl (C=O) groups is 1. The number of amides is 1. The van der Waals surface area contributed by atoms with Crippen LogP contribution in [0.3, 0.4) is 0 Å². The van der Waals surface area contributed by atoms with E-state index in [2.05, 4.69) is 10.3 Å². The third-order valence-corrected chi connectivity index (χ3v) is 4.25. The van der Waals surface area contributed by atoms with Crippen LogP contribution in [-0.4, -0.2) is 17.4 Å². The first kappa shape index (κ1) is 17.5. The van der Waals surface area contributed by atoms with Gasteiger partial charge in [-0.2, -0.15) is 0 Å². The van der Waals surface area contributed by atoms with Crippen LogP contribution < -0.4 is 5.32 Å². The van der Waals surface area contributed by atoms with Gasteiger partial charge in [0.1, 0.15) is 6.26 Å². The lowest BCUT2D eigenvalue weighted by atomic mass is 10.1. The summed E-state index contributed by atoms with van der Waals surface area (Å²) < 4.78 is 5.51. The van der Waals surface area contributed by atoms with Crippen LogP contribution >= 0.6 is 23.2 Å². The summed E-state index contributed by atoms with van der Waals surface area (Å²) in [5.74, 6) is 0.300. The van der Waals surface area contributed by atoms with E-state index in [0.717, 1.165) is 11.3 Å². The molecule has 0 aliphatic carbocycles. The predicted molar refractivity (Wildman–Crippen MR) is 99.2 cm³/mol. The lowest BCUT2D eigenvalue weighted by Gasteiger charge is -2.06. The van der Waals surface area contributed by atoms with Gasteiger partial charge in [-0.15, -0.1) is 0 Å². The summed E-state index contributed by atoms with van der Waals surface area (Å²) in [6, 6.07) is 12.7. The number of hydrogen-bond donors (Lipinski definition) is 1. The van der Waals surface area contributed by atoms with Crippen LogP contribution in [0.4, 0.5) is 0 Å². The number of oxazole rings is 1. The van der Waals surface area contributed by atoms with Crippen molar-refractivity contribution in [3.05, 3.63) is 75.6 Å². The highest BCUT2D eigenvalue weighted by Gasteiger charge is 2.11. The van der Waals surface area contributed by atoms with Gasteiger partial charge in [-0.3, -0.25) is 4.79 Å². The minimum atomic E-state index is -0.269. The van der Waals surface area contributed by atoms with Crippen molar-refractivity contribution in [2.75, 3.05) is 6.54 Å². The third-order valence-electron chi connectivity index (χ3n) is 3.69. The van der Waals surface area contributed by atoms with Crippen molar-refractivity contribution in [3.63, 3.8) is 0 Å². The van der Waals surface area contributed by atoms with E-state index < -0.39 is 0 Å². The highest BCUT2D eigenvalue weighted by atomic mass is 35.5. The molecule has 1 aromatic heterocycles. The van der Waals surface area contributed by atoms with E-state index >= 15 is 0 Å². The van der Waals surface area contributed by atoms with Gasteiger partial charge < -0.3 is 9.73 Å². The molecule has 0 aliphatic heterocycles. The molecule has 4 nitrogen and oxygen atoms in total. The average molecular weight is 375 g/mol. The Hall–Kier alpha value is -2.30. The minimum absolute atomic E-state index is 0.269. The largest absolute Gasteiger partial charge is 0.444 e. The summed E-state index contributed by atoms with van der Waals surface area (Å²) in [6.07, 6.45) is 2.16. The molecule has 25 heavy (non-hydrogen) atoms. The molecule has 6 heteroatoms. The SMILES string of the molecule is Cc1ccc(-c2nc(CCNC(=O)c3cc(Cl)ccc3Cl)co2)cc1. The van der Waals surface area contributed by atoms with Crippen molar-refractivity contribution < 1.29 is 9.21 Å². The molecular weight excluding hydrogens is 359 g/mol. The molecule has 0 fully saturated rings. The van der Waals surface area contributed by atoms with Crippen molar-refractivity contribution in [1.29, 1.82) is 0 Å². The fraction of sp³-hybridized carbons (Fsp3) is 0.158. The first-order valence-corrected chi connectivity index (χ1v) is 8.53. The van der Waals surface area contributed by atoms with E-state index in [1.165, 1.54) is 5.56 Å². The average Bonchev–Trinajstić information content (AvgIpc) is 3.06. The molecule has 128 valence electrons. The maximum atomic E-state index is 12.2. The van der Waals surface area contributed by atoms with E-state index in [9.17, 15) is 4.79 Å². The molecule has 0 aliphatic rings. The number of rotatable bonds is 5. The number of carbonyl (C=O) groups excluding carboxylic acids is 1. The van der Waals surface area contributed by atoms with Crippen molar-refractivity contribution in [2.24, 2.45) is 0 Å². The molecule has 3 rings (SSSR count). The number of aromatic nitrogens is 1. The van der Waals surface area contributed by atoms with Crippen LogP contribution in [0.5, 0.6) is 0 Å². The Bertz CT molecular complexity index is 889. The summed E-state index contributed by atoms with van der Waals surface area (Å²) in [4.78, 5) is 16.6. The maximum Gasteiger partial charge on any atom is 0.252 e. The molecular formula is C19H16Cl2N2O2. The number of nitrogens with zero attached hydrogens (tertiary/aromatic N) is 1. The molecule has 2 aromatic carbocycles. The number of aryl methyl sites for hydroxylation is 1. The quantitative estimate of drug-likeness (QED) is 0.688. The summed E-state index contributed by atoms with van der Waals surface area (Å²) in [7, 11) is 0. The van der Waals surface area contributed by atoms with Gasteiger partial charge in [-0.1, -0.05) is 40.9 Å². The number of nitrogens with one attached hydrogen (secondary N) is 1. The van der Waals surface area contributed by atoms with Gasteiger partial charge in [0.2, 0.25) is 5.89 Å². The van der Waals surface area contributed by atoms with Crippen molar-refractivity contribution in [2.45, 2.75) is 13.3 Å². The summed E-state index contributed by atoms with van der Waals surface area (Å²) in [5.41, 5.74) is 3.23. The van der Waals surface area contributed by atoms with E-state index in [-0.39, 0.29) is 5.91 Å². The molecule has 1 N–H and O–H groups in total. The van der Waals surface area contributed by atoms with Gasteiger partial charge in [0.05, 0.1) is 16.3 Å². The predicted octanol–water partition coefficient (Wildman–Crippen LogP) is 4.93. The van der Waals surface area contributed by atoms with E-state index in [0.29, 0.717) is 34.5 Å². The third kappa shape index (κ3) is 4.41. The van der Waals surface area contributed by atoms with Crippen molar-refractivity contribution >= 4 is 29.1 Å². The van der Waals surface area contributed by atoms with Crippen LogP contribution in [0, 0.1) is 6.92 Å². The van der Waals surface area contributed by atoms with Gasteiger partial charge in [-0.05, 0) is 37.3 Å². The first-order chi connectivity index (χ1) is 12.0. The molecule has 0 atom stereocenters. The molecule has 0 unspecified atom stereocenters. The van der Waals surface area contributed by atoms with Gasteiger partial charge in [0.25, 0.3) is 5.91 Å².